The quantitative estimate of drug-likeness (QED) is 0.471. The first-order valence-corrected chi connectivity index (χ1v) is 8.58. The number of hydrogen-bond acceptors (Lipinski definition) is 1. The summed E-state index contributed by atoms with van der Waals surface area (Å²) in [7, 11) is 1.91. The average Bonchev–Trinajstić information content (AvgIpc) is 2.75. The number of hydrogen-bond donors (Lipinski definition) is 0. The smallest absolute Gasteiger partial charge is 0.344 e. The Bertz CT molecular complexity index is 989. The van der Waals surface area contributed by atoms with Crippen LogP contribution in [0.2, 0.25) is 0 Å². The zero-order valence-electron chi connectivity index (χ0n) is 14.6. The molecule has 1 heterocycles. The molecule has 3 aromatic rings. The van der Waals surface area contributed by atoms with Crippen molar-refractivity contribution in [2.75, 3.05) is 11.9 Å². The number of nitrogens with zero attached hydrogens (tertiary/aromatic N) is 1. The summed E-state index contributed by atoms with van der Waals surface area (Å²) in [5.74, 6) is 0. The van der Waals surface area contributed by atoms with E-state index in [1.807, 2.05) is 36.2 Å². The number of rotatable bonds is 1. The van der Waals surface area contributed by atoms with Gasteiger partial charge in [0.25, 0.3) is 0 Å². The van der Waals surface area contributed by atoms with E-state index in [4.69, 9.17) is 0 Å². The van der Waals surface area contributed by atoms with Crippen LogP contribution in [0.3, 0.4) is 0 Å². The number of aryl methyl sites for hydroxylation is 1. The van der Waals surface area contributed by atoms with Crippen LogP contribution in [-0.4, -0.2) is 7.05 Å². The van der Waals surface area contributed by atoms with E-state index in [1.165, 1.54) is 11.6 Å². The maximum Gasteiger partial charge on any atom is 0.416 e. The molecule has 26 heavy (non-hydrogen) atoms. The van der Waals surface area contributed by atoms with E-state index in [-0.39, 0.29) is 0 Å². The molecule has 0 atom stereocenters. The fraction of sp³-hybridized carbons (Fsp3) is 0.182. The Labute approximate surface area is 150 Å². The Morgan fingerprint density at radius 2 is 1.46 bits per heavy atom. The van der Waals surface area contributed by atoms with Gasteiger partial charge in [-0.3, -0.25) is 0 Å². The van der Waals surface area contributed by atoms with E-state index in [1.54, 1.807) is 6.07 Å². The fourth-order valence-electron chi connectivity index (χ4n) is 3.61. The second kappa shape index (κ2) is 5.90. The first-order valence-electron chi connectivity index (χ1n) is 8.58. The highest BCUT2D eigenvalue weighted by Gasteiger charge is 2.32. The van der Waals surface area contributed by atoms with Crippen LogP contribution in [-0.2, 0) is 12.6 Å². The maximum atomic E-state index is 13.3. The van der Waals surface area contributed by atoms with Gasteiger partial charge in [0.05, 0.1) is 5.56 Å². The normalized spacial score (nSPS) is 12.9. The van der Waals surface area contributed by atoms with Crippen LogP contribution in [0.4, 0.5) is 24.5 Å². The van der Waals surface area contributed by atoms with E-state index in [9.17, 15) is 13.2 Å². The van der Waals surface area contributed by atoms with E-state index in [0.717, 1.165) is 40.6 Å². The van der Waals surface area contributed by atoms with Gasteiger partial charge in [-0.15, -0.1) is 0 Å². The topological polar surface area (TPSA) is 3.24 Å². The predicted molar refractivity (Wildman–Crippen MR) is 99.8 cm³/mol. The predicted octanol–water partition coefficient (Wildman–Crippen LogP) is 6.68. The molecule has 0 radical (unpaired) electrons. The summed E-state index contributed by atoms with van der Waals surface area (Å²) in [6.07, 6.45) is -3.46. The minimum atomic E-state index is -4.36. The van der Waals surface area contributed by atoms with Gasteiger partial charge in [0, 0.05) is 29.5 Å². The van der Waals surface area contributed by atoms with Gasteiger partial charge in [-0.25, -0.2) is 0 Å². The van der Waals surface area contributed by atoms with E-state index < -0.39 is 11.7 Å². The van der Waals surface area contributed by atoms with Crippen molar-refractivity contribution in [1.29, 1.82) is 0 Å². The van der Waals surface area contributed by atoms with Crippen LogP contribution < -0.4 is 4.90 Å². The van der Waals surface area contributed by atoms with Crippen LogP contribution >= 0.6 is 0 Å². The van der Waals surface area contributed by atoms with Gasteiger partial charge in [0.1, 0.15) is 0 Å². The third-order valence-electron chi connectivity index (χ3n) is 5.02. The molecule has 0 aromatic heterocycles. The third-order valence-corrected chi connectivity index (χ3v) is 5.02. The first kappa shape index (κ1) is 16.7. The zero-order chi connectivity index (χ0) is 18.5. The largest absolute Gasteiger partial charge is 0.416 e. The molecule has 0 saturated carbocycles. The molecular weight excluding hydrogens is 335 g/mol. The van der Waals surface area contributed by atoms with Gasteiger partial charge in [0.15, 0.2) is 0 Å². The van der Waals surface area contributed by atoms with E-state index >= 15 is 0 Å². The molecule has 1 aliphatic rings. The van der Waals surface area contributed by atoms with Gasteiger partial charge < -0.3 is 4.90 Å². The molecule has 0 amide bonds. The number of benzene rings is 3. The molecule has 4 heteroatoms. The van der Waals surface area contributed by atoms with Gasteiger partial charge in [-0.2, -0.15) is 13.2 Å². The molecule has 0 fully saturated rings. The van der Waals surface area contributed by atoms with Crippen LogP contribution in [0.5, 0.6) is 0 Å². The van der Waals surface area contributed by atoms with Crippen molar-refractivity contribution in [2.24, 2.45) is 0 Å². The van der Waals surface area contributed by atoms with Crippen molar-refractivity contribution in [3.63, 3.8) is 0 Å². The fourth-order valence-corrected chi connectivity index (χ4v) is 3.61. The molecule has 4 rings (SSSR count). The Morgan fingerprint density at radius 3 is 2.12 bits per heavy atom. The second-order valence-electron chi connectivity index (χ2n) is 6.54. The summed E-state index contributed by atoms with van der Waals surface area (Å²) in [5.41, 5.74) is 5.77. The van der Waals surface area contributed by atoms with Crippen molar-refractivity contribution in [3.8, 4) is 22.3 Å². The Kier molecular flexibility index (Phi) is 3.79. The van der Waals surface area contributed by atoms with E-state index in [0.29, 0.717) is 5.56 Å². The van der Waals surface area contributed by atoms with Crippen molar-refractivity contribution in [1.82, 2.24) is 0 Å². The molecule has 0 bridgehead atoms. The lowest BCUT2D eigenvalue weighted by Crippen LogP contribution is -2.12. The van der Waals surface area contributed by atoms with Gasteiger partial charge >= 0.3 is 6.18 Å². The lowest BCUT2D eigenvalue weighted by molar-refractivity contribution is -0.137. The number of halogens is 3. The van der Waals surface area contributed by atoms with Crippen molar-refractivity contribution >= 4 is 11.4 Å². The number of alkyl halides is 3. The third kappa shape index (κ3) is 2.57. The standard InChI is InChI=1S/C22H18F3N/c1-3-14-8-10-18-16-6-4-5-7-17(16)19-13-15(22(23,24)25)9-11-20(19)26(2)21(18)12-14/h4-13H,3H2,1-2H3. The van der Waals surface area contributed by atoms with Crippen molar-refractivity contribution < 1.29 is 13.2 Å². The second-order valence-corrected chi connectivity index (χ2v) is 6.54. The molecule has 1 nitrogen and oxygen atoms in total. The zero-order valence-corrected chi connectivity index (χ0v) is 14.6. The van der Waals surface area contributed by atoms with Gasteiger partial charge in [0.2, 0.25) is 0 Å². The van der Waals surface area contributed by atoms with E-state index in [2.05, 4.69) is 25.1 Å². The Hall–Kier alpha value is -2.75. The Balaban J connectivity index is 2.06. The summed E-state index contributed by atoms with van der Waals surface area (Å²) in [4.78, 5) is 1.99. The Morgan fingerprint density at radius 1 is 0.769 bits per heavy atom. The molecular formula is C22H18F3N. The summed E-state index contributed by atoms with van der Waals surface area (Å²) >= 11 is 0. The molecule has 0 N–H and O–H groups in total. The number of anilines is 2. The molecule has 132 valence electrons. The molecule has 0 aliphatic carbocycles. The van der Waals surface area contributed by atoms with Crippen molar-refractivity contribution in [2.45, 2.75) is 19.5 Å². The maximum absolute atomic E-state index is 13.3. The van der Waals surface area contributed by atoms with Gasteiger partial charge in [-0.1, -0.05) is 43.3 Å². The van der Waals surface area contributed by atoms with Gasteiger partial charge in [-0.05, 0) is 47.4 Å². The minimum Gasteiger partial charge on any atom is -0.344 e. The molecule has 0 spiro atoms. The average molecular weight is 353 g/mol. The highest BCUT2D eigenvalue weighted by Crippen LogP contribution is 2.48. The molecule has 0 saturated heterocycles. The lowest BCUT2D eigenvalue weighted by Gasteiger charge is -2.23. The summed E-state index contributed by atoms with van der Waals surface area (Å²) in [5, 5.41) is 0. The van der Waals surface area contributed by atoms with Crippen LogP contribution in [0.25, 0.3) is 22.3 Å². The first-order chi connectivity index (χ1) is 12.4. The summed E-state index contributed by atoms with van der Waals surface area (Å²) in [6, 6.07) is 17.9. The SMILES string of the molecule is CCc1ccc2c(c1)N(C)c1ccc(C(F)(F)F)cc1-c1ccccc1-2. The summed E-state index contributed by atoms with van der Waals surface area (Å²) in [6.45, 7) is 2.09. The van der Waals surface area contributed by atoms with Crippen LogP contribution in [0.1, 0.15) is 18.1 Å². The highest BCUT2D eigenvalue weighted by molar-refractivity contribution is 5.99. The van der Waals surface area contributed by atoms with Crippen LogP contribution in [0.15, 0.2) is 60.7 Å². The number of fused-ring (bicyclic) bond motifs is 5. The molecule has 3 aromatic carbocycles. The van der Waals surface area contributed by atoms with Crippen molar-refractivity contribution in [3.05, 3.63) is 71.8 Å². The minimum absolute atomic E-state index is 0.604. The summed E-state index contributed by atoms with van der Waals surface area (Å²) < 4.78 is 39.8. The molecule has 0 unspecified atom stereocenters. The monoisotopic (exact) mass is 353 g/mol. The van der Waals surface area contributed by atoms with Crippen LogP contribution in [0, 0.1) is 0 Å². The highest BCUT2D eigenvalue weighted by atomic mass is 19.4. The lowest BCUT2D eigenvalue weighted by atomic mass is 9.93. The molecule has 1 aliphatic heterocycles.